The van der Waals surface area contributed by atoms with Gasteiger partial charge in [0.1, 0.15) is 0 Å². The Morgan fingerprint density at radius 2 is 1.87 bits per heavy atom. The number of likely N-dealkylation sites (tertiary alicyclic amines) is 1. The zero-order chi connectivity index (χ0) is 22.1. The fraction of sp³-hybridized carbons (Fsp3) is 0.440. The van der Waals surface area contributed by atoms with Crippen molar-refractivity contribution >= 4 is 17.5 Å². The largest absolute Gasteiger partial charge is 0.385 e. The van der Waals surface area contributed by atoms with Crippen LogP contribution >= 0.6 is 0 Å². The first-order valence-corrected chi connectivity index (χ1v) is 11.1. The highest BCUT2D eigenvalue weighted by Gasteiger charge is 2.17. The number of nitrogens with one attached hydrogen (secondary N) is 2. The Bertz CT molecular complexity index is 867. The molecule has 2 amide bonds. The van der Waals surface area contributed by atoms with E-state index < -0.39 is 0 Å². The number of carbonyl (C=O) groups excluding carboxylic acids is 2. The zero-order valence-corrected chi connectivity index (χ0v) is 18.5. The molecule has 2 aromatic carbocycles. The van der Waals surface area contributed by atoms with Gasteiger partial charge in [0.05, 0.1) is 11.3 Å². The van der Waals surface area contributed by atoms with Gasteiger partial charge in [0.15, 0.2) is 0 Å². The van der Waals surface area contributed by atoms with E-state index in [2.05, 4.69) is 22.5 Å². The molecule has 1 aliphatic heterocycles. The van der Waals surface area contributed by atoms with E-state index in [1.807, 2.05) is 24.3 Å². The lowest BCUT2D eigenvalue weighted by Crippen LogP contribution is -2.33. The smallest absolute Gasteiger partial charge is 0.255 e. The number of rotatable bonds is 9. The Kier molecular flexibility index (Phi) is 8.62. The van der Waals surface area contributed by atoms with E-state index in [4.69, 9.17) is 4.74 Å². The number of para-hydroxylation sites is 1. The van der Waals surface area contributed by atoms with Crippen LogP contribution in [-0.4, -0.2) is 50.1 Å². The van der Waals surface area contributed by atoms with Crippen molar-refractivity contribution in [3.05, 3.63) is 65.2 Å². The first-order valence-electron chi connectivity index (χ1n) is 11.1. The highest BCUT2D eigenvalue weighted by atomic mass is 16.5. The lowest BCUT2D eigenvalue weighted by molar-refractivity contribution is 0.0949. The summed E-state index contributed by atoms with van der Waals surface area (Å²) in [7, 11) is 1.63. The second-order valence-electron chi connectivity index (χ2n) is 8.28. The van der Waals surface area contributed by atoms with E-state index in [-0.39, 0.29) is 11.8 Å². The predicted octanol–water partition coefficient (Wildman–Crippen LogP) is 3.94. The SMILES string of the molecule is COCCCNC(=O)c1ccccc1NC(=O)c1ccc(CN2CCC[C@@H](C)C2)cc1. The summed E-state index contributed by atoms with van der Waals surface area (Å²) in [5.74, 6) is 0.312. The Morgan fingerprint density at radius 3 is 2.61 bits per heavy atom. The van der Waals surface area contributed by atoms with Gasteiger partial charge in [-0.05, 0) is 61.6 Å². The third-order valence-corrected chi connectivity index (χ3v) is 5.59. The minimum absolute atomic E-state index is 0.210. The molecule has 1 fully saturated rings. The van der Waals surface area contributed by atoms with Gasteiger partial charge in [-0.25, -0.2) is 0 Å². The third-order valence-electron chi connectivity index (χ3n) is 5.59. The van der Waals surface area contributed by atoms with Crippen LogP contribution < -0.4 is 10.6 Å². The average molecular weight is 424 g/mol. The topological polar surface area (TPSA) is 70.7 Å². The Labute approximate surface area is 185 Å². The van der Waals surface area contributed by atoms with E-state index >= 15 is 0 Å². The summed E-state index contributed by atoms with van der Waals surface area (Å²) in [4.78, 5) is 27.7. The van der Waals surface area contributed by atoms with Crippen LogP contribution in [0.4, 0.5) is 5.69 Å². The Hall–Kier alpha value is -2.70. The summed E-state index contributed by atoms with van der Waals surface area (Å²) in [5.41, 5.74) is 2.74. The molecular weight excluding hydrogens is 390 g/mol. The second kappa shape index (κ2) is 11.6. The van der Waals surface area contributed by atoms with E-state index in [1.54, 1.807) is 31.4 Å². The van der Waals surface area contributed by atoms with E-state index in [0.29, 0.717) is 30.0 Å². The molecule has 0 saturated carbocycles. The van der Waals surface area contributed by atoms with E-state index in [1.165, 1.54) is 18.4 Å². The van der Waals surface area contributed by atoms with E-state index in [9.17, 15) is 9.59 Å². The molecule has 2 N–H and O–H groups in total. The molecule has 0 unspecified atom stereocenters. The van der Waals surface area contributed by atoms with Crippen molar-refractivity contribution in [3.8, 4) is 0 Å². The van der Waals surface area contributed by atoms with Crippen LogP contribution in [0.2, 0.25) is 0 Å². The Morgan fingerprint density at radius 1 is 1.10 bits per heavy atom. The van der Waals surface area contributed by atoms with Crippen molar-refractivity contribution in [2.24, 2.45) is 5.92 Å². The van der Waals surface area contributed by atoms with Gasteiger partial charge < -0.3 is 15.4 Å². The van der Waals surface area contributed by atoms with Gasteiger partial charge in [-0.2, -0.15) is 0 Å². The zero-order valence-electron chi connectivity index (χ0n) is 18.5. The third kappa shape index (κ3) is 6.91. The number of nitrogens with zero attached hydrogens (tertiary/aromatic N) is 1. The van der Waals surface area contributed by atoms with Gasteiger partial charge in [0.25, 0.3) is 11.8 Å². The fourth-order valence-corrected chi connectivity index (χ4v) is 3.95. The molecule has 0 bridgehead atoms. The van der Waals surface area contributed by atoms with Crippen molar-refractivity contribution in [2.75, 3.05) is 38.7 Å². The highest BCUT2D eigenvalue weighted by Crippen LogP contribution is 2.19. The number of methoxy groups -OCH3 is 1. The standard InChI is InChI=1S/C25H33N3O3/c1-19-7-5-15-28(17-19)18-20-10-12-21(13-11-20)24(29)27-23-9-4-3-8-22(23)25(30)26-14-6-16-31-2/h3-4,8-13,19H,5-7,14-18H2,1-2H3,(H,26,30)(H,27,29)/t19-/m1/s1. The van der Waals surface area contributed by atoms with Crippen molar-refractivity contribution in [1.29, 1.82) is 0 Å². The number of anilines is 1. The van der Waals surface area contributed by atoms with Gasteiger partial charge in [-0.1, -0.05) is 31.2 Å². The van der Waals surface area contributed by atoms with Crippen LogP contribution in [0.5, 0.6) is 0 Å². The van der Waals surface area contributed by atoms with E-state index in [0.717, 1.165) is 32.0 Å². The van der Waals surface area contributed by atoms with Gasteiger partial charge in [0.2, 0.25) is 0 Å². The van der Waals surface area contributed by atoms with Crippen LogP contribution in [0.1, 0.15) is 52.5 Å². The molecule has 1 aliphatic rings. The molecule has 6 heteroatoms. The van der Waals surface area contributed by atoms with Crippen LogP contribution in [0.15, 0.2) is 48.5 Å². The first-order chi connectivity index (χ1) is 15.1. The molecule has 0 spiro atoms. The summed E-state index contributed by atoms with van der Waals surface area (Å²) in [5, 5.41) is 5.74. The summed E-state index contributed by atoms with van der Waals surface area (Å²) in [6.45, 7) is 6.59. The summed E-state index contributed by atoms with van der Waals surface area (Å²) in [6, 6.07) is 14.8. The molecular formula is C25H33N3O3. The molecule has 1 heterocycles. The number of hydrogen-bond acceptors (Lipinski definition) is 4. The summed E-state index contributed by atoms with van der Waals surface area (Å²) < 4.78 is 5.00. The number of benzene rings is 2. The molecule has 31 heavy (non-hydrogen) atoms. The number of carbonyl (C=O) groups is 2. The van der Waals surface area contributed by atoms with Gasteiger partial charge in [0, 0.05) is 38.9 Å². The number of ether oxygens (including phenoxy) is 1. The maximum absolute atomic E-state index is 12.8. The van der Waals surface area contributed by atoms with Crippen LogP contribution in [-0.2, 0) is 11.3 Å². The van der Waals surface area contributed by atoms with Gasteiger partial charge in [-0.3, -0.25) is 14.5 Å². The second-order valence-corrected chi connectivity index (χ2v) is 8.28. The van der Waals surface area contributed by atoms with Crippen LogP contribution in [0.25, 0.3) is 0 Å². The molecule has 6 nitrogen and oxygen atoms in total. The highest BCUT2D eigenvalue weighted by molar-refractivity contribution is 6.09. The molecule has 2 aromatic rings. The molecule has 0 radical (unpaired) electrons. The molecule has 0 aliphatic carbocycles. The fourth-order valence-electron chi connectivity index (χ4n) is 3.95. The number of amides is 2. The average Bonchev–Trinajstić information content (AvgIpc) is 2.77. The predicted molar refractivity (Wildman–Crippen MR) is 123 cm³/mol. The van der Waals surface area contributed by atoms with Crippen molar-refractivity contribution in [3.63, 3.8) is 0 Å². The maximum Gasteiger partial charge on any atom is 0.255 e. The summed E-state index contributed by atoms with van der Waals surface area (Å²) in [6.07, 6.45) is 3.29. The number of hydrogen-bond donors (Lipinski definition) is 2. The number of piperidine rings is 1. The minimum atomic E-state index is -0.224. The van der Waals surface area contributed by atoms with Crippen LogP contribution in [0, 0.1) is 5.92 Å². The maximum atomic E-state index is 12.8. The van der Waals surface area contributed by atoms with Crippen molar-refractivity contribution in [2.45, 2.75) is 32.7 Å². The quantitative estimate of drug-likeness (QED) is 0.600. The van der Waals surface area contributed by atoms with Crippen molar-refractivity contribution in [1.82, 2.24) is 10.2 Å². The molecule has 1 saturated heterocycles. The summed E-state index contributed by atoms with van der Waals surface area (Å²) >= 11 is 0. The van der Waals surface area contributed by atoms with Crippen LogP contribution in [0.3, 0.4) is 0 Å². The van der Waals surface area contributed by atoms with Crippen molar-refractivity contribution < 1.29 is 14.3 Å². The molecule has 1 atom stereocenters. The molecule has 166 valence electrons. The molecule has 0 aromatic heterocycles. The molecule has 3 rings (SSSR count). The minimum Gasteiger partial charge on any atom is -0.385 e. The monoisotopic (exact) mass is 423 g/mol. The normalized spacial score (nSPS) is 16.6. The Balaban J connectivity index is 1.59. The van der Waals surface area contributed by atoms with Gasteiger partial charge in [-0.15, -0.1) is 0 Å². The lowest BCUT2D eigenvalue weighted by atomic mass is 9.99. The van der Waals surface area contributed by atoms with Gasteiger partial charge >= 0.3 is 0 Å². The first kappa shape index (κ1) is 23.0. The lowest BCUT2D eigenvalue weighted by Gasteiger charge is -2.30.